The monoisotopic (exact) mass is 332 g/mol. The Morgan fingerprint density at radius 1 is 1.00 bits per heavy atom. The van der Waals surface area contributed by atoms with Crippen LogP contribution in [-0.2, 0) is 0 Å². The van der Waals surface area contributed by atoms with Crippen LogP contribution in [0, 0.1) is 0 Å². The van der Waals surface area contributed by atoms with Crippen LogP contribution in [0.25, 0.3) is 0 Å². The molecule has 6 heteroatoms. The van der Waals surface area contributed by atoms with Gasteiger partial charge in [0.05, 0.1) is 0 Å². The van der Waals surface area contributed by atoms with Gasteiger partial charge in [-0.3, -0.25) is 0 Å². The number of rotatable bonds is 3. The average molecular weight is 334 g/mol. The van der Waals surface area contributed by atoms with E-state index >= 15 is 0 Å². The highest BCUT2D eigenvalue weighted by Crippen LogP contribution is 2.44. The lowest BCUT2D eigenvalue weighted by atomic mass is 10.3. The Hall–Kier alpha value is -0.230. The minimum atomic E-state index is -3.99. The largest absolute Gasteiger partial charge is 0.454 e. The van der Waals surface area contributed by atoms with Gasteiger partial charge in [-0.05, 0) is 44.0 Å². The van der Waals surface area contributed by atoms with E-state index in [0.717, 1.165) is 0 Å². The molecule has 0 spiro atoms. The molecule has 14 heavy (non-hydrogen) atoms. The van der Waals surface area contributed by atoms with Gasteiger partial charge >= 0.3 is 9.60 Å². The van der Waals surface area contributed by atoms with Gasteiger partial charge in [-0.2, -0.15) is 8.78 Å². The molecule has 0 saturated carbocycles. The summed E-state index contributed by atoms with van der Waals surface area (Å²) < 4.78 is 39.7. The van der Waals surface area contributed by atoms with Crippen LogP contribution >= 0.6 is 31.9 Å². The van der Waals surface area contributed by atoms with Crippen molar-refractivity contribution in [1.29, 1.82) is 0 Å². The maximum atomic E-state index is 12.9. The van der Waals surface area contributed by atoms with Gasteiger partial charge in [0.15, 0.2) is 0 Å². The van der Waals surface area contributed by atoms with Gasteiger partial charge in [0.25, 0.3) is 0 Å². The first-order valence-corrected chi connectivity index (χ1v) is 5.10. The lowest BCUT2D eigenvalue weighted by Gasteiger charge is -2.23. The zero-order valence-corrected chi connectivity index (χ0v) is 9.86. The maximum absolute atomic E-state index is 12.9. The van der Waals surface area contributed by atoms with Crippen molar-refractivity contribution in [1.82, 2.24) is 0 Å². The molecule has 0 atom stereocenters. The van der Waals surface area contributed by atoms with Gasteiger partial charge in [-0.1, -0.05) is 18.2 Å². The topological polar surface area (TPSA) is 9.23 Å². The Labute approximate surface area is 95.5 Å². The summed E-state index contributed by atoms with van der Waals surface area (Å²) in [6.07, 6.45) is -3.99. The Balaban J connectivity index is 2.79. The van der Waals surface area contributed by atoms with Crippen molar-refractivity contribution in [2.24, 2.45) is 0 Å². The summed E-state index contributed by atoms with van der Waals surface area (Å²) in [5.41, 5.74) is 0. The predicted octanol–water partition coefficient (Wildman–Crippen LogP) is 4.07. The Morgan fingerprint density at radius 3 is 1.93 bits per heavy atom. The molecular weight excluding hydrogens is 329 g/mol. The summed E-state index contributed by atoms with van der Waals surface area (Å²) >= 11 is 4.27. The van der Waals surface area contributed by atoms with Crippen LogP contribution in [-0.4, -0.2) is 9.60 Å². The number of hydrogen-bond acceptors (Lipinski definition) is 1. The SMILES string of the molecule is FC(Br)(Br)C(F)(F)Oc1ccccc1. The molecule has 0 bridgehead atoms. The Bertz CT molecular complexity index is 297. The highest BCUT2D eigenvalue weighted by molar-refractivity contribution is 9.25. The number of alkyl halides is 5. The van der Waals surface area contributed by atoms with E-state index in [1.54, 1.807) is 6.07 Å². The van der Waals surface area contributed by atoms with Crippen LogP contribution in [0.2, 0.25) is 0 Å². The van der Waals surface area contributed by atoms with Crippen molar-refractivity contribution in [2.75, 3.05) is 0 Å². The van der Waals surface area contributed by atoms with Crippen LogP contribution in [0.15, 0.2) is 30.3 Å². The Morgan fingerprint density at radius 2 is 1.50 bits per heavy atom. The molecule has 1 aromatic carbocycles. The first-order valence-electron chi connectivity index (χ1n) is 3.51. The zero-order valence-electron chi connectivity index (χ0n) is 6.68. The van der Waals surface area contributed by atoms with E-state index in [9.17, 15) is 13.2 Å². The van der Waals surface area contributed by atoms with Gasteiger partial charge in [0.1, 0.15) is 5.75 Å². The molecule has 0 fully saturated rings. The van der Waals surface area contributed by atoms with Crippen molar-refractivity contribution in [3.63, 3.8) is 0 Å². The molecular formula is C8H5Br2F3O. The summed E-state index contributed by atoms with van der Waals surface area (Å²) in [5.74, 6) is -0.113. The second kappa shape index (κ2) is 4.10. The summed E-state index contributed by atoms with van der Waals surface area (Å²) in [4.78, 5) is 0. The van der Waals surface area contributed by atoms with Crippen LogP contribution in [0.4, 0.5) is 13.2 Å². The predicted molar refractivity (Wildman–Crippen MR) is 53.7 cm³/mol. The lowest BCUT2D eigenvalue weighted by Crippen LogP contribution is -2.39. The number of benzene rings is 1. The van der Waals surface area contributed by atoms with Crippen LogP contribution < -0.4 is 4.74 Å². The summed E-state index contributed by atoms with van der Waals surface area (Å²) in [6, 6.07) is 7.26. The Kier molecular flexibility index (Phi) is 3.47. The molecule has 0 aliphatic rings. The van der Waals surface area contributed by atoms with Gasteiger partial charge in [0, 0.05) is 0 Å². The average Bonchev–Trinajstić information content (AvgIpc) is 2.03. The van der Waals surface area contributed by atoms with E-state index in [1.807, 2.05) is 0 Å². The van der Waals surface area contributed by atoms with E-state index in [2.05, 4.69) is 36.6 Å². The van der Waals surface area contributed by atoms with E-state index in [4.69, 9.17) is 0 Å². The standard InChI is InChI=1S/C8H5Br2F3O/c9-7(10,11)8(12,13)14-6-4-2-1-3-5-6/h1-5H. The number of para-hydroxylation sites is 1. The maximum Gasteiger partial charge on any atom is 0.454 e. The molecule has 0 saturated heterocycles. The van der Waals surface area contributed by atoms with Crippen molar-refractivity contribution in [3.05, 3.63) is 30.3 Å². The fourth-order valence-corrected chi connectivity index (χ4v) is 0.856. The number of hydrogen-bond donors (Lipinski definition) is 0. The van der Waals surface area contributed by atoms with E-state index in [-0.39, 0.29) is 5.75 Å². The third kappa shape index (κ3) is 2.88. The summed E-state index contributed by atoms with van der Waals surface area (Å²) in [7, 11) is 0. The van der Waals surface area contributed by atoms with Crippen molar-refractivity contribution < 1.29 is 17.9 Å². The van der Waals surface area contributed by atoms with Crippen molar-refractivity contribution >= 4 is 31.9 Å². The fourth-order valence-electron chi connectivity index (χ4n) is 0.694. The minimum absolute atomic E-state index is 0.113. The smallest absolute Gasteiger partial charge is 0.429 e. The van der Waals surface area contributed by atoms with Crippen molar-refractivity contribution in [3.8, 4) is 5.75 Å². The zero-order chi connectivity index (χ0) is 10.8. The summed E-state index contributed by atoms with van der Waals surface area (Å²) in [5, 5.41) is 0. The molecule has 0 unspecified atom stereocenters. The second-order valence-corrected chi connectivity index (χ2v) is 5.68. The van der Waals surface area contributed by atoms with E-state index in [0.29, 0.717) is 0 Å². The summed E-state index contributed by atoms with van der Waals surface area (Å²) in [6.45, 7) is 0. The normalized spacial score (nSPS) is 12.6. The highest BCUT2D eigenvalue weighted by atomic mass is 79.9. The molecule has 1 rings (SSSR count). The van der Waals surface area contributed by atoms with Gasteiger partial charge in [0.2, 0.25) is 0 Å². The highest BCUT2D eigenvalue weighted by Gasteiger charge is 2.54. The first kappa shape index (κ1) is 11.8. The van der Waals surface area contributed by atoms with Crippen LogP contribution in [0.1, 0.15) is 0 Å². The molecule has 0 aromatic heterocycles. The lowest BCUT2D eigenvalue weighted by molar-refractivity contribution is -0.203. The molecule has 78 valence electrons. The molecule has 0 heterocycles. The van der Waals surface area contributed by atoms with Crippen LogP contribution in [0.3, 0.4) is 0 Å². The molecule has 0 aliphatic heterocycles. The molecule has 1 aromatic rings. The van der Waals surface area contributed by atoms with Gasteiger partial charge in [-0.25, -0.2) is 4.39 Å². The second-order valence-electron chi connectivity index (χ2n) is 2.43. The minimum Gasteiger partial charge on any atom is -0.429 e. The number of halogens is 5. The molecule has 0 amide bonds. The van der Waals surface area contributed by atoms with Crippen molar-refractivity contribution in [2.45, 2.75) is 9.60 Å². The molecule has 0 radical (unpaired) electrons. The third-order valence-electron chi connectivity index (χ3n) is 1.32. The first-order chi connectivity index (χ1) is 6.33. The van der Waals surface area contributed by atoms with Gasteiger partial charge in [-0.15, -0.1) is 0 Å². The third-order valence-corrected chi connectivity index (χ3v) is 2.24. The molecule has 0 aliphatic carbocycles. The van der Waals surface area contributed by atoms with E-state index in [1.165, 1.54) is 24.3 Å². The van der Waals surface area contributed by atoms with Gasteiger partial charge < -0.3 is 4.74 Å². The van der Waals surface area contributed by atoms with Crippen LogP contribution in [0.5, 0.6) is 5.75 Å². The molecule has 0 N–H and O–H groups in total. The van der Waals surface area contributed by atoms with E-state index < -0.39 is 9.60 Å². The number of ether oxygens (including phenoxy) is 1. The quantitative estimate of drug-likeness (QED) is 0.758. The molecule has 1 nitrogen and oxygen atoms in total. The fraction of sp³-hybridized carbons (Fsp3) is 0.250.